The molecule has 19 nitrogen and oxygen atoms in total. The van der Waals surface area contributed by atoms with Crippen molar-refractivity contribution in [3.63, 3.8) is 0 Å². The third kappa shape index (κ3) is 12.9. The van der Waals surface area contributed by atoms with Crippen molar-refractivity contribution in [2.45, 2.75) is 151 Å². The molecule has 7 amide bonds. The highest BCUT2D eigenvalue weighted by atomic mass is 16.2. The normalized spacial score (nSPS) is 23.0. The lowest BCUT2D eigenvalue weighted by Crippen LogP contribution is -2.56. The van der Waals surface area contributed by atoms with Crippen LogP contribution in [0.5, 0.6) is 0 Å². The fourth-order valence-electron chi connectivity index (χ4n) is 10.5. The van der Waals surface area contributed by atoms with Crippen molar-refractivity contribution >= 4 is 41.4 Å². The molecule has 0 saturated carbocycles. The molecule has 0 bridgehead atoms. The lowest BCUT2D eigenvalue weighted by molar-refractivity contribution is -0.141. The van der Waals surface area contributed by atoms with E-state index in [1.54, 1.807) is 14.0 Å². The number of likely N-dealkylation sites (tertiary alicyclic amines) is 2. The van der Waals surface area contributed by atoms with Gasteiger partial charge in [-0.05, 0) is 108 Å². The van der Waals surface area contributed by atoms with Crippen molar-refractivity contribution in [3.05, 3.63) is 94.6 Å². The molecule has 2 aliphatic carbocycles. The third-order valence-corrected chi connectivity index (χ3v) is 15.0. The molecule has 7 rings (SSSR count). The van der Waals surface area contributed by atoms with Crippen molar-refractivity contribution in [3.8, 4) is 24.7 Å². The highest BCUT2D eigenvalue weighted by Gasteiger charge is 2.45. The Morgan fingerprint density at radius 2 is 1.09 bits per heavy atom. The average Bonchev–Trinajstić information content (AvgIpc) is 4.04. The number of benzene rings is 2. The standard InChI is InChI=1S/C55H70N12O7/c1-8-16-43(60-33(4)32(3)56-6)54(73)66-30-37(26-47(66)52(71)63-41-24-14-20-35-18-10-12-22-39(35)41)61-50(69)45-28-59-46(29-58-45)51(70)62-38-27-48(53(72)64-42-25-15-21-36-19-11-13-23-40(36)42)67(31-38)55(74)44(17-9-2)65-49(68)34(5)57-7/h1-2,10-13,18-19,22-23,28-29,32-34,37-38,41-44,47-48,56-57,60H,14-17,20-21,24-27,30-31H2,3-7H3,(H,61,69)(H,62,70)(H,63,71)(H,64,72)(H,65,68)/t32-,33?,34-,37-,38?,41+,42+,43-,44-,47-,48-/m0/s1. The number of hydrogen-bond donors (Lipinski definition) is 8. The number of carbonyl (C=O) groups excluding carboxylic acids is 7. The number of nitrogens with zero attached hydrogens (tertiary/aromatic N) is 4. The van der Waals surface area contributed by atoms with Gasteiger partial charge in [-0.15, -0.1) is 24.7 Å². The summed E-state index contributed by atoms with van der Waals surface area (Å²) in [4.78, 5) is 109. The maximum atomic E-state index is 14.4. The number of likely N-dealkylation sites (N-methyl/N-ethyl adjacent to an activating group) is 2. The van der Waals surface area contributed by atoms with Gasteiger partial charge in [-0.1, -0.05) is 48.5 Å². The highest BCUT2D eigenvalue weighted by molar-refractivity contribution is 5.97. The summed E-state index contributed by atoms with van der Waals surface area (Å²) in [5, 5.41) is 24.3. The van der Waals surface area contributed by atoms with Crippen LogP contribution in [0, 0.1) is 24.7 Å². The first-order chi connectivity index (χ1) is 35.6. The Balaban J connectivity index is 1.04. The quantitative estimate of drug-likeness (QED) is 0.0794. The predicted octanol–water partition coefficient (Wildman–Crippen LogP) is 1.36. The Labute approximate surface area is 433 Å². The van der Waals surface area contributed by atoms with Crippen LogP contribution < -0.4 is 42.5 Å². The summed E-state index contributed by atoms with van der Waals surface area (Å²) in [5.74, 6) is 1.67. The van der Waals surface area contributed by atoms with E-state index in [-0.39, 0.29) is 86.1 Å². The summed E-state index contributed by atoms with van der Waals surface area (Å²) in [6.45, 7) is 5.52. The van der Waals surface area contributed by atoms with Crippen molar-refractivity contribution in [1.82, 2.24) is 62.3 Å². The number of amides is 7. The van der Waals surface area contributed by atoms with Crippen LogP contribution in [0.25, 0.3) is 0 Å². The number of carbonyl (C=O) groups is 7. The van der Waals surface area contributed by atoms with E-state index in [0.29, 0.717) is 6.42 Å². The second-order valence-corrected chi connectivity index (χ2v) is 19.9. The highest BCUT2D eigenvalue weighted by Crippen LogP contribution is 2.32. The predicted molar refractivity (Wildman–Crippen MR) is 278 cm³/mol. The van der Waals surface area contributed by atoms with Crippen molar-refractivity contribution in [2.24, 2.45) is 0 Å². The van der Waals surface area contributed by atoms with Crippen LogP contribution >= 0.6 is 0 Å². The average molecular weight is 1010 g/mol. The van der Waals surface area contributed by atoms with E-state index in [2.05, 4.69) is 70.4 Å². The number of terminal acetylenes is 2. The second kappa shape index (κ2) is 25.2. The smallest absolute Gasteiger partial charge is 0.271 e. The van der Waals surface area contributed by atoms with Gasteiger partial charge in [0.05, 0.1) is 36.6 Å². The number of aryl methyl sites for hydroxylation is 2. The zero-order valence-corrected chi connectivity index (χ0v) is 42.9. The summed E-state index contributed by atoms with van der Waals surface area (Å²) < 4.78 is 0. The molecule has 2 saturated heterocycles. The Morgan fingerprint density at radius 3 is 1.54 bits per heavy atom. The van der Waals surface area contributed by atoms with Gasteiger partial charge in [0, 0.05) is 50.1 Å². The lowest BCUT2D eigenvalue weighted by Gasteiger charge is -2.32. The van der Waals surface area contributed by atoms with Gasteiger partial charge in [0.15, 0.2) is 0 Å². The minimum Gasteiger partial charge on any atom is -0.347 e. The molecule has 2 unspecified atom stereocenters. The first kappa shape index (κ1) is 54.6. The fraction of sp³-hybridized carbons (Fsp3) is 0.509. The van der Waals surface area contributed by atoms with Gasteiger partial charge in [-0.3, -0.25) is 33.6 Å². The topological polar surface area (TPSA) is 248 Å². The van der Waals surface area contributed by atoms with Crippen LogP contribution in [0.1, 0.15) is 127 Å². The van der Waals surface area contributed by atoms with Crippen molar-refractivity contribution in [1.29, 1.82) is 0 Å². The van der Waals surface area contributed by atoms with E-state index in [9.17, 15) is 33.6 Å². The van der Waals surface area contributed by atoms with Crippen LogP contribution in [-0.2, 0) is 36.8 Å². The van der Waals surface area contributed by atoms with Gasteiger partial charge in [-0.25, -0.2) is 9.97 Å². The summed E-state index contributed by atoms with van der Waals surface area (Å²) in [6, 6.07) is 9.40. The molecule has 0 radical (unpaired) electrons. The zero-order valence-electron chi connectivity index (χ0n) is 42.9. The molecule has 0 spiro atoms. The molecule has 3 aromatic rings. The SMILES string of the molecule is C#CC[C@H](NC(=O)[C@H](C)NC)C(=O)N1CC(NC(=O)c2cnc(C(=O)N[C@H]3C[C@@H](C(=O)N[C@@H]4CCCc5ccccc54)N(C(=O)[C@H](CC#C)NC(C)[C@H](C)NC)C3)cn2)C[C@H]1C(=O)N[C@@H]1CCCc2ccccc21. The molecule has 11 atom stereocenters. The first-order valence-corrected chi connectivity index (χ1v) is 25.7. The summed E-state index contributed by atoms with van der Waals surface area (Å²) in [6.07, 6.45) is 18.9. The maximum Gasteiger partial charge on any atom is 0.271 e. The molecule has 19 heteroatoms. The molecule has 4 aliphatic rings. The lowest BCUT2D eigenvalue weighted by atomic mass is 9.87. The van der Waals surface area contributed by atoms with E-state index < -0.39 is 71.8 Å². The molecule has 1 aromatic heterocycles. The van der Waals surface area contributed by atoms with Crippen molar-refractivity contribution in [2.75, 3.05) is 27.2 Å². The van der Waals surface area contributed by atoms with Crippen LogP contribution in [0.15, 0.2) is 60.9 Å². The van der Waals surface area contributed by atoms with Crippen LogP contribution in [0.2, 0.25) is 0 Å². The van der Waals surface area contributed by atoms with E-state index >= 15 is 0 Å². The number of nitrogens with one attached hydrogen (secondary N) is 8. The van der Waals surface area contributed by atoms with Crippen LogP contribution in [0.4, 0.5) is 0 Å². The largest absolute Gasteiger partial charge is 0.347 e. The van der Waals surface area contributed by atoms with E-state index in [4.69, 9.17) is 12.8 Å². The Kier molecular flexibility index (Phi) is 18.6. The van der Waals surface area contributed by atoms with Crippen LogP contribution in [0.3, 0.4) is 0 Å². The summed E-state index contributed by atoms with van der Waals surface area (Å²) in [7, 11) is 3.44. The maximum absolute atomic E-state index is 14.4. The minimum atomic E-state index is -1.13. The zero-order chi connectivity index (χ0) is 53.1. The van der Waals surface area contributed by atoms with Crippen LogP contribution in [-0.4, -0.2) is 143 Å². The van der Waals surface area contributed by atoms with Gasteiger partial charge in [0.1, 0.15) is 29.5 Å². The van der Waals surface area contributed by atoms with Gasteiger partial charge in [-0.2, -0.15) is 0 Å². The number of fused-ring (bicyclic) bond motifs is 2. The van der Waals surface area contributed by atoms with E-state index in [1.807, 2.05) is 63.4 Å². The Hall–Kier alpha value is -7.19. The Bertz CT molecular complexity index is 2630. The molecule has 8 N–H and O–H groups in total. The second-order valence-electron chi connectivity index (χ2n) is 19.9. The Morgan fingerprint density at radius 1 is 0.635 bits per heavy atom. The third-order valence-electron chi connectivity index (χ3n) is 15.0. The monoisotopic (exact) mass is 1010 g/mol. The molecule has 2 fully saturated rings. The molecular weight excluding hydrogens is 941 g/mol. The van der Waals surface area contributed by atoms with Gasteiger partial charge in [0.25, 0.3) is 11.8 Å². The number of aromatic nitrogens is 2. The minimum absolute atomic E-state index is 0.00395. The van der Waals surface area contributed by atoms with Crippen molar-refractivity contribution < 1.29 is 33.6 Å². The molecule has 2 aliphatic heterocycles. The number of rotatable bonds is 19. The van der Waals surface area contributed by atoms with E-state index in [0.717, 1.165) is 61.2 Å². The summed E-state index contributed by atoms with van der Waals surface area (Å²) in [5.41, 5.74) is 4.13. The molecular formula is C55H70N12O7. The van der Waals surface area contributed by atoms with E-state index in [1.165, 1.54) is 15.4 Å². The van der Waals surface area contributed by atoms with Gasteiger partial charge < -0.3 is 52.3 Å². The molecule has 2 aromatic carbocycles. The molecule has 74 heavy (non-hydrogen) atoms. The van der Waals surface area contributed by atoms with Gasteiger partial charge in [0.2, 0.25) is 29.5 Å². The fourth-order valence-corrected chi connectivity index (χ4v) is 10.5. The molecule has 3 heterocycles. The molecule has 392 valence electrons. The first-order valence-electron chi connectivity index (χ1n) is 25.7. The summed E-state index contributed by atoms with van der Waals surface area (Å²) >= 11 is 0. The number of hydrogen-bond acceptors (Lipinski definition) is 12. The van der Waals surface area contributed by atoms with Gasteiger partial charge >= 0.3 is 0 Å².